The molecule has 1 amide bonds. The number of hydrogen-bond donors (Lipinski definition) is 2. The maximum Gasteiger partial charge on any atom is 0.410 e. The van der Waals surface area contributed by atoms with Gasteiger partial charge in [-0.3, -0.25) is 0 Å². The van der Waals surface area contributed by atoms with Crippen LogP contribution in [-0.2, 0) is 4.74 Å². The van der Waals surface area contributed by atoms with Crippen LogP contribution < -0.4 is 15.8 Å². The Hall–Kier alpha value is -2.02. The summed E-state index contributed by atoms with van der Waals surface area (Å²) in [6, 6.07) is 7.43. The van der Waals surface area contributed by atoms with E-state index in [0.29, 0.717) is 18.8 Å². The average molecular weight is 337 g/mol. The highest BCUT2D eigenvalue weighted by molar-refractivity contribution is 7.80. The minimum Gasteiger partial charge on any atom is -0.486 e. The van der Waals surface area contributed by atoms with Gasteiger partial charge < -0.3 is 25.4 Å². The zero-order chi connectivity index (χ0) is 17.0. The molecule has 2 rings (SSSR count). The van der Waals surface area contributed by atoms with Crippen LogP contribution in [-0.4, -0.2) is 40.9 Å². The second-order valence-electron chi connectivity index (χ2n) is 6.44. The summed E-state index contributed by atoms with van der Waals surface area (Å²) in [5.41, 5.74) is 5.74. The van der Waals surface area contributed by atoms with Gasteiger partial charge in [0.2, 0.25) is 0 Å². The van der Waals surface area contributed by atoms with Gasteiger partial charge in [0.1, 0.15) is 17.5 Å². The summed E-state index contributed by atoms with van der Waals surface area (Å²) < 4.78 is 11.4. The minimum atomic E-state index is -0.497. The molecule has 126 valence electrons. The Labute approximate surface area is 141 Å². The van der Waals surface area contributed by atoms with Crippen molar-refractivity contribution in [2.24, 2.45) is 5.73 Å². The van der Waals surface area contributed by atoms with Gasteiger partial charge >= 0.3 is 6.09 Å². The van der Waals surface area contributed by atoms with Crippen molar-refractivity contribution in [3.63, 3.8) is 0 Å². The molecule has 0 bridgehead atoms. The summed E-state index contributed by atoms with van der Waals surface area (Å²) in [6.07, 6.45) is 0.357. The van der Waals surface area contributed by atoms with Crippen molar-refractivity contribution in [1.82, 2.24) is 4.90 Å². The third-order valence-corrected chi connectivity index (χ3v) is 3.34. The first kappa shape index (κ1) is 17.3. The minimum absolute atomic E-state index is 0.0863. The van der Waals surface area contributed by atoms with Crippen molar-refractivity contribution in [2.75, 3.05) is 18.4 Å². The molecule has 0 aromatic heterocycles. The number of nitrogens with one attached hydrogen (secondary N) is 1. The first-order valence-electron chi connectivity index (χ1n) is 7.54. The SMILES string of the molecule is CC(C)(C)OC(=O)N1CCC(Oc2ccccc2NC(N)=S)C1. The predicted octanol–water partition coefficient (Wildman–Crippen LogP) is 2.73. The molecule has 6 nitrogen and oxygen atoms in total. The van der Waals surface area contributed by atoms with Crippen LogP contribution in [0.15, 0.2) is 24.3 Å². The van der Waals surface area contributed by atoms with E-state index in [0.717, 1.165) is 12.1 Å². The number of rotatable bonds is 3. The molecular weight excluding hydrogens is 314 g/mol. The van der Waals surface area contributed by atoms with E-state index >= 15 is 0 Å². The number of nitrogens with two attached hydrogens (primary N) is 1. The summed E-state index contributed by atoms with van der Waals surface area (Å²) in [6.45, 7) is 6.67. The highest BCUT2D eigenvalue weighted by Gasteiger charge is 2.31. The Balaban J connectivity index is 1.96. The largest absolute Gasteiger partial charge is 0.486 e. The number of nitrogens with zero attached hydrogens (tertiary/aromatic N) is 1. The van der Waals surface area contributed by atoms with Crippen molar-refractivity contribution < 1.29 is 14.3 Å². The molecule has 1 aliphatic rings. The number of hydrogen-bond acceptors (Lipinski definition) is 4. The van der Waals surface area contributed by atoms with Crippen molar-refractivity contribution >= 4 is 29.1 Å². The molecule has 23 heavy (non-hydrogen) atoms. The first-order valence-corrected chi connectivity index (χ1v) is 7.95. The summed E-state index contributed by atoms with van der Waals surface area (Å²) in [4.78, 5) is 13.7. The molecule has 1 saturated heterocycles. The fourth-order valence-corrected chi connectivity index (χ4v) is 2.41. The number of ether oxygens (including phenoxy) is 2. The van der Waals surface area contributed by atoms with Gasteiger partial charge in [0, 0.05) is 13.0 Å². The van der Waals surface area contributed by atoms with Crippen LogP contribution in [0.4, 0.5) is 10.5 Å². The third-order valence-electron chi connectivity index (χ3n) is 3.24. The smallest absolute Gasteiger partial charge is 0.410 e. The Morgan fingerprint density at radius 2 is 2.09 bits per heavy atom. The maximum absolute atomic E-state index is 12.1. The van der Waals surface area contributed by atoms with Crippen LogP contribution in [0.25, 0.3) is 0 Å². The van der Waals surface area contributed by atoms with E-state index in [4.69, 9.17) is 27.4 Å². The number of carbonyl (C=O) groups is 1. The van der Waals surface area contributed by atoms with Gasteiger partial charge in [-0.1, -0.05) is 12.1 Å². The van der Waals surface area contributed by atoms with Gasteiger partial charge in [0.15, 0.2) is 5.11 Å². The van der Waals surface area contributed by atoms with E-state index in [2.05, 4.69) is 5.32 Å². The first-order chi connectivity index (χ1) is 10.7. The molecule has 7 heteroatoms. The molecular formula is C16H23N3O3S. The normalized spacial score (nSPS) is 17.7. The van der Waals surface area contributed by atoms with E-state index in [-0.39, 0.29) is 17.3 Å². The zero-order valence-corrected chi connectivity index (χ0v) is 14.5. The van der Waals surface area contributed by atoms with E-state index in [1.807, 2.05) is 45.0 Å². The van der Waals surface area contributed by atoms with Gasteiger partial charge in [-0.25, -0.2) is 4.79 Å². The van der Waals surface area contributed by atoms with Crippen LogP contribution in [0.5, 0.6) is 5.75 Å². The lowest BCUT2D eigenvalue weighted by molar-refractivity contribution is 0.0276. The Morgan fingerprint density at radius 3 is 2.74 bits per heavy atom. The molecule has 0 aliphatic carbocycles. The molecule has 0 radical (unpaired) electrons. The lowest BCUT2D eigenvalue weighted by Crippen LogP contribution is -2.36. The monoisotopic (exact) mass is 337 g/mol. The fourth-order valence-electron chi connectivity index (χ4n) is 2.30. The highest BCUT2D eigenvalue weighted by Crippen LogP contribution is 2.27. The number of para-hydroxylation sites is 2. The zero-order valence-electron chi connectivity index (χ0n) is 13.7. The fraction of sp³-hybridized carbons (Fsp3) is 0.500. The van der Waals surface area contributed by atoms with Crippen LogP contribution in [0.3, 0.4) is 0 Å². The number of likely N-dealkylation sites (tertiary alicyclic amines) is 1. The summed E-state index contributed by atoms with van der Waals surface area (Å²) >= 11 is 4.87. The van der Waals surface area contributed by atoms with Crippen molar-refractivity contribution in [3.05, 3.63) is 24.3 Å². The molecule has 0 saturated carbocycles. The second-order valence-corrected chi connectivity index (χ2v) is 6.88. The highest BCUT2D eigenvalue weighted by atomic mass is 32.1. The standard InChI is InChI=1S/C16H23N3O3S/c1-16(2,3)22-15(20)19-9-8-11(10-19)21-13-7-5-4-6-12(13)18-14(17)23/h4-7,11H,8-10H2,1-3H3,(H3,17,18,23). The Bertz CT molecular complexity index is 586. The van der Waals surface area contributed by atoms with Crippen LogP contribution in [0, 0.1) is 0 Å². The number of amides is 1. The molecule has 1 atom stereocenters. The number of benzene rings is 1. The van der Waals surface area contributed by atoms with E-state index in [1.165, 1.54) is 0 Å². The van der Waals surface area contributed by atoms with Crippen molar-refractivity contribution in [2.45, 2.75) is 38.9 Å². The molecule has 1 aromatic carbocycles. The van der Waals surface area contributed by atoms with E-state index < -0.39 is 5.60 Å². The molecule has 1 heterocycles. The molecule has 3 N–H and O–H groups in total. The van der Waals surface area contributed by atoms with E-state index in [9.17, 15) is 4.79 Å². The quantitative estimate of drug-likeness (QED) is 0.826. The van der Waals surface area contributed by atoms with Crippen LogP contribution >= 0.6 is 12.2 Å². The number of carbonyl (C=O) groups excluding carboxylic acids is 1. The van der Waals surface area contributed by atoms with Gasteiger partial charge in [-0.05, 0) is 45.1 Å². The van der Waals surface area contributed by atoms with Crippen molar-refractivity contribution in [1.29, 1.82) is 0 Å². The summed E-state index contributed by atoms with van der Waals surface area (Å²) in [5, 5.41) is 3.07. The van der Waals surface area contributed by atoms with Gasteiger partial charge in [-0.2, -0.15) is 0 Å². The summed E-state index contributed by atoms with van der Waals surface area (Å²) in [7, 11) is 0. The number of thiocarbonyl (C=S) groups is 1. The maximum atomic E-state index is 12.1. The lowest BCUT2D eigenvalue weighted by Gasteiger charge is -2.24. The summed E-state index contributed by atoms with van der Waals surface area (Å²) in [5.74, 6) is 0.663. The van der Waals surface area contributed by atoms with Gasteiger partial charge in [0.25, 0.3) is 0 Å². The Kier molecular flexibility index (Phi) is 5.30. The van der Waals surface area contributed by atoms with Crippen LogP contribution in [0.1, 0.15) is 27.2 Å². The molecule has 1 unspecified atom stereocenters. The van der Waals surface area contributed by atoms with Gasteiger partial charge in [0.05, 0.1) is 12.2 Å². The second kappa shape index (κ2) is 7.04. The predicted molar refractivity (Wildman–Crippen MR) is 93.7 cm³/mol. The topological polar surface area (TPSA) is 76.8 Å². The lowest BCUT2D eigenvalue weighted by atomic mass is 10.2. The molecule has 1 aliphatic heterocycles. The Morgan fingerprint density at radius 1 is 1.39 bits per heavy atom. The average Bonchev–Trinajstić information content (AvgIpc) is 2.87. The molecule has 0 spiro atoms. The van der Waals surface area contributed by atoms with Crippen LogP contribution in [0.2, 0.25) is 0 Å². The van der Waals surface area contributed by atoms with Crippen molar-refractivity contribution in [3.8, 4) is 5.75 Å². The van der Waals surface area contributed by atoms with Gasteiger partial charge in [-0.15, -0.1) is 0 Å². The number of anilines is 1. The van der Waals surface area contributed by atoms with E-state index in [1.54, 1.807) is 4.90 Å². The molecule has 1 fully saturated rings. The molecule has 1 aromatic rings. The third kappa shape index (κ3) is 5.28.